The number of nitrogens with zero attached hydrogens (tertiary/aromatic N) is 2. The molecule has 10 heteroatoms. The lowest BCUT2D eigenvalue weighted by Gasteiger charge is -2.21. The van der Waals surface area contributed by atoms with Gasteiger partial charge in [0, 0.05) is 11.3 Å². The van der Waals surface area contributed by atoms with Crippen LogP contribution in [-0.4, -0.2) is 40.8 Å². The van der Waals surface area contributed by atoms with E-state index in [0.29, 0.717) is 21.4 Å². The summed E-state index contributed by atoms with van der Waals surface area (Å²) in [6.45, 7) is 7.66. The molecule has 3 aromatic rings. The first kappa shape index (κ1) is 24.8. The maximum Gasteiger partial charge on any atom is 0.338 e. The fourth-order valence-electron chi connectivity index (χ4n) is 3.10. The van der Waals surface area contributed by atoms with Crippen LogP contribution in [0.25, 0.3) is 10.6 Å². The third-order valence-electron chi connectivity index (χ3n) is 4.81. The molecule has 2 aromatic carbocycles. The van der Waals surface area contributed by atoms with Gasteiger partial charge in [-0.2, -0.15) is 0 Å². The average molecular weight is 482 g/mol. The number of carbonyl (C=O) groups is 3. The number of rotatable bonds is 8. The second-order valence-corrected chi connectivity index (χ2v) is 8.87. The number of benzene rings is 2. The van der Waals surface area contributed by atoms with E-state index in [0.717, 1.165) is 11.1 Å². The van der Waals surface area contributed by atoms with Gasteiger partial charge in [0.15, 0.2) is 0 Å². The summed E-state index contributed by atoms with van der Waals surface area (Å²) in [5.74, 6) is -1.01. The molecule has 0 saturated heterocycles. The molecule has 9 nitrogen and oxygen atoms in total. The molecule has 1 unspecified atom stereocenters. The van der Waals surface area contributed by atoms with Crippen molar-refractivity contribution in [2.45, 2.75) is 33.7 Å². The van der Waals surface area contributed by atoms with Gasteiger partial charge in [-0.15, -0.1) is 10.2 Å². The number of esters is 1. The molecular formula is C24H27N5O4S. The summed E-state index contributed by atoms with van der Waals surface area (Å²) >= 11 is 1.26. The van der Waals surface area contributed by atoms with Gasteiger partial charge in [-0.1, -0.05) is 48.9 Å². The third-order valence-corrected chi connectivity index (χ3v) is 5.70. The van der Waals surface area contributed by atoms with E-state index in [1.165, 1.54) is 11.3 Å². The highest BCUT2D eigenvalue weighted by molar-refractivity contribution is 7.18. The van der Waals surface area contributed by atoms with Crippen molar-refractivity contribution in [1.29, 1.82) is 0 Å². The molecule has 0 aliphatic rings. The highest BCUT2D eigenvalue weighted by Crippen LogP contribution is 2.27. The zero-order valence-electron chi connectivity index (χ0n) is 19.4. The minimum atomic E-state index is -0.801. The molecule has 0 radical (unpaired) electrons. The van der Waals surface area contributed by atoms with Crippen molar-refractivity contribution in [3.05, 3.63) is 59.7 Å². The number of amides is 3. The van der Waals surface area contributed by atoms with Gasteiger partial charge in [0.2, 0.25) is 11.0 Å². The van der Waals surface area contributed by atoms with Crippen LogP contribution >= 0.6 is 11.3 Å². The third kappa shape index (κ3) is 6.61. The summed E-state index contributed by atoms with van der Waals surface area (Å²) < 4.78 is 4.94. The number of hydrogen-bond donors (Lipinski definition) is 3. The molecule has 1 atom stereocenters. The number of aromatic nitrogens is 2. The lowest BCUT2D eigenvalue weighted by Crippen LogP contribution is -2.48. The van der Waals surface area contributed by atoms with Crippen LogP contribution in [0.1, 0.15) is 36.7 Å². The Balaban J connectivity index is 1.60. The molecule has 3 rings (SSSR count). The van der Waals surface area contributed by atoms with Gasteiger partial charge in [-0.05, 0) is 50.1 Å². The Kier molecular flexibility index (Phi) is 8.31. The van der Waals surface area contributed by atoms with Crippen LogP contribution in [-0.2, 0) is 9.53 Å². The first-order chi connectivity index (χ1) is 16.3. The molecule has 0 bridgehead atoms. The number of hydrogen-bond acceptors (Lipinski definition) is 7. The van der Waals surface area contributed by atoms with Gasteiger partial charge >= 0.3 is 12.0 Å². The van der Waals surface area contributed by atoms with Gasteiger partial charge in [-0.25, -0.2) is 9.59 Å². The molecule has 34 heavy (non-hydrogen) atoms. The second kappa shape index (κ2) is 11.4. The molecule has 0 aliphatic carbocycles. The van der Waals surface area contributed by atoms with E-state index in [1.54, 1.807) is 31.2 Å². The van der Waals surface area contributed by atoms with Crippen LogP contribution in [0, 0.1) is 12.8 Å². The summed E-state index contributed by atoms with van der Waals surface area (Å²) in [6, 6.07) is 12.8. The van der Waals surface area contributed by atoms with Gasteiger partial charge < -0.3 is 15.4 Å². The van der Waals surface area contributed by atoms with Gasteiger partial charge in [0.05, 0.1) is 12.2 Å². The lowest BCUT2D eigenvalue weighted by molar-refractivity contribution is -0.118. The number of nitrogens with one attached hydrogen (secondary N) is 3. The summed E-state index contributed by atoms with van der Waals surface area (Å²) in [5.41, 5.74) is 2.88. The Morgan fingerprint density at radius 2 is 1.76 bits per heavy atom. The normalized spacial score (nSPS) is 11.6. The smallest absolute Gasteiger partial charge is 0.338 e. The van der Waals surface area contributed by atoms with E-state index in [4.69, 9.17) is 4.74 Å². The topological polar surface area (TPSA) is 122 Å². The Labute approximate surface area is 201 Å². The summed E-state index contributed by atoms with van der Waals surface area (Å²) in [4.78, 5) is 37.1. The summed E-state index contributed by atoms with van der Waals surface area (Å²) in [5, 5.41) is 17.4. The predicted octanol–water partition coefficient (Wildman–Crippen LogP) is 4.48. The van der Waals surface area contributed by atoms with Crippen molar-refractivity contribution < 1.29 is 19.1 Å². The molecular weight excluding hydrogens is 454 g/mol. The fraction of sp³-hybridized carbons (Fsp3) is 0.292. The Hall–Kier alpha value is -3.79. The maximum atomic E-state index is 12.9. The standard InChI is InChI=1S/C24H27N5O4S/c1-5-33-22(31)16-9-11-18(12-10-16)25-23(32)26-19(14(2)3)20(30)27-24-29-28-21(34-24)17-8-6-7-15(4)13-17/h6-14,19H,5H2,1-4H3,(H2,25,26,32)(H,27,29,30). The number of urea groups is 1. The maximum absolute atomic E-state index is 12.9. The molecule has 1 aromatic heterocycles. The first-order valence-electron chi connectivity index (χ1n) is 10.8. The quantitative estimate of drug-likeness (QED) is 0.408. The van der Waals surface area contributed by atoms with E-state index in [9.17, 15) is 14.4 Å². The highest BCUT2D eigenvalue weighted by atomic mass is 32.1. The zero-order valence-corrected chi connectivity index (χ0v) is 20.2. The molecule has 1 heterocycles. The largest absolute Gasteiger partial charge is 0.462 e. The Morgan fingerprint density at radius 1 is 1.03 bits per heavy atom. The van der Waals surface area contributed by atoms with Crippen LogP contribution in [0.5, 0.6) is 0 Å². The van der Waals surface area contributed by atoms with Gasteiger partial charge in [0.25, 0.3) is 0 Å². The first-order valence-corrected chi connectivity index (χ1v) is 11.6. The van der Waals surface area contributed by atoms with Crippen LogP contribution < -0.4 is 16.0 Å². The molecule has 0 spiro atoms. The second-order valence-electron chi connectivity index (χ2n) is 7.89. The number of carbonyl (C=O) groups excluding carboxylic acids is 3. The van der Waals surface area contributed by atoms with E-state index in [-0.39, 0.29) is 12.5 Å². The Morgan fingerprint density at radius 3 is 2.41 bits per heavy atom. The number of anilines is 2. The number of aryl methyl sites for hydroxylation is 1. The van der Waals surface area contributed by atoms with E-state index in [2.05, 4.69) is 26.1 Å². The lowest BCUT2D eigenvalue weighted by atomic mass is 10.0. The zero-order chi connectivity index (χ0) is 24.7. The minimum Gasteiger partial charge on any atom is -0.462 e. The van der Waals surface area contributed by atoms with E-state index < -0.39 is 23.9 Å². The molecule has 178 valence electrons. The Bertz CT molecular complexity index is 1160. The number of ether oxygens (including phenoxy) is 1. The SMILES string of the molecule is CCOC(=O)c1ccc(NC(=O)NC(C(=O)Nc2nnc(-c3cccc(C)c3)s2)C(C)C)cc1. The average Bonchev–Trinajstić information content (AvgIpc) is 3.26. The minimum absolute atomic E-state index is 0.180. The van der Waals surface area contributed by atoms with Crippen LogP contribution in [0.15, 0.2) is 48.5 Å². The molecule has 0 aliphatic heterocycles. The summed E-state index contributed by atoms with van der Waals surface area (Å²) in [7, 11) is 0. The van der Waals surface area contributed by atoms with Crippen molar-refractivity contribution in [2.75, 3.05) is 17.2 Å². The van der Waals surface area contributed by atoms with Crippen molar-refractivity contribution >= 4 is 40.1 Å². The monoisotopic (exact) mass is 481 g/mol. The van der Waals surface area contributed by atoms with Crippen molar-refractivity contribution in [3.63, 3.8) is 0 Å². The van der Waals surface area contributed by atoms with Gasteiger partial charge in [-0.3, -0.25) is 10.1 Å². The molecule has 3 amide bonds. The molecule has 3 N–H and O–H groups in total. The molecule has 0 saturated carbocycles. The van der Waals surface area contributed by atoms with Crippen molar-refractivity contribution in [2.24, 2.45) is 5.92 Å². The predicted molar refractivity (Wildman–Crippen MR) is 132 cm³/mol. The molecule has 0 fully saturated rings. The highest BCUT2D eigenvalue weighted by Gasteiger charge is 2.25. The van der Waals surface area contributed by atoms with Crippen molar-refractivity contribution in [3.8, 4) is 10.6 Å². The fourth-order valence-corrected chi connectivity index (χ4v) is 3.84. The van der Waals surface area contributed by atoms with Crippen LogP contribution in [0.2, 0.25) is 0 Å². The van der Waals surface area contributed by atoms with Crippen LogP contribution in [0.4, 0.5) is 15.6 Å². The van der Waals surface area contributed by atoms with Crippen molar-refractivity contribution in [1.82, 2.24) is 15.5 Å². The van der Waals surface area contributed by atoms with Crippen LogP contribution in [0.3, 0.4) is 0 Å². The summed E-state index contributed by atoms with van der Waals surface area (Å²) in [6.07, 6.45) is 0. The van der Waals surface area contributed by atoms with E-state index in [1.807, 2.05) is 45.0 Å². The van der Waals surface area contributed by atoms with Gasteiger partial charge in [0.1, 0.15) is 11.0 Å². The van der Waals surface area contributed by atoms with E-state index >= 15 is 0 Å².